The predicted octanol–water partition coefficient (Wildman–Crippen LogP) is 3.36. The van der Waals surface area contributed by atoms with Crippen molar-refractivity contribution >= 4 is 12.2 Å². The van der Waals surface area contributed by atoms with Crippen molar-refractivity contribution in [1.29, 1.82) is 0 Å². The van der Waals surface area contributed by atoms with Crippen molar-refractivity contribution in [2.24, 2.45) is 0 Å². The molecule has 0 radical (unpaired) electrons. The normalized spacial score (nSPS) is 23.8. The topological polar surface area (TPSA) is 27.2 Å². The summed E-state index contributed by atoms with van der Waals surface area (Å²) in [5.41, 5.74) is 0.555. The van der Waals surface area contributed by atoms with Gasteiger partial charge in [-0.2, -0.15) is 4.68 Å². The lowest BCUT2D eigenvalue weighted by Crippen LogP contribution is -3.15. The second-order valence-electron chi connectivity index (χ2n) is 7.35. The van der Waals surface area contributed by atoms with Gasteiger partial charge in [-0.05, 0) is 62.9 Å². The molecule has 1 aliphatic heterocycles. The number of quaternary nitrogens is 1. The highest BCUT2D eigenvalue weighted by molar-refractivity contribution is 7.71. The Morgan fingerprint density at radius 2 is 2.04 bits per heavy atom. The van der Waals surface area contributed by atoms with E-state index in [0.29, 0.717) is 23.5 Å². The predicted molar refractivity (Wildman–Crippen MR) is 98.5 cm³/mol. The SMILES string of the molecule is CC[C@@H]1CCCC[NH+]1Cn1nc(-c2ccccc2F)n(C2CC2)c1=S. The highest BCUT2D eigenvalue weighted by Crippen LogP contribution is 2.38. The molecule has 25 heavy (non-hydrogen) atoms. The Bertz CT molecular complexity index is 808. The van der Waals surface area contributed by atoms with Gasteiger partial charge in [0, 0.05) is 6.04 Å². The molecule has 1 aliphatic carbocycles. The molecule has 4 rings (SSSR count). The van der Waals surface area contributed by atoms with Crippen molar-refractivity contribution in [1.82, 2.24) is 14.3 Å². The number of rotatable bonds is 5. The van der Waals surface area contributed by atoms with Crippen LogP contribution in [0.25, 0.3) is 11.4 Å². The third-order valence-corrected chi connectivity index (χ3v) is 6.03. The average Bonchev–Trinajstić information content (AvgIpc) is 3.41. The molecule has 1 aromatic heterocycles. The monoisotopic (exact) mass is 361 g/mol. The second kappa shape index (κ2) is 7.00. The van der Waals surface area contributed by atoms with Gasteiger partial charge in [0.25, 0.3) is 0 Å². The summed E-state index contributed by atoms with van der Waals surface area (Å²) in [6, 6.07) is 7.94. The fourth-order valence-electron chi connectivity index (χ4n) is 4.06. The minimum absolute atomic E-state index is 0.228. The summed E-state index contributed by atoms with van der Waals surface area (Å²) in [5.74, 6) is 0.461. The molecule has 134 valence electrons. The molecule has 2 aliphatic rings. The molecule has 2 fully saturated rings. The summed E-state index contributed by atoms with van der Waals surface area (Å²) in [5, 5.41) is 4.78. The van der Waals surface area contributed by atoms with Gasteiger partial charge in [0.2, 0.25) is 4.77 Å². The van der Waals surface area contributed by atoms with E-state index in [0.717, 1.165) is 24.3 Å². The van der Waals surface area contributed by atoms with E-state index in [1.54, 1.807) is 17.0 Å². The molecule has 1 saturated heterocycles. The van der Waals surface area contributed by atoms with Crippen LogP contribution in [0.15, 0.2) is 24.3 Å². The highest BCUT2D eigenvalue weighted by atomic mass is 32.1. The van der Waals surface area contributed by atoms with E-state index in [-0.39, 0.29) is 5.82 Å². The van der Waals surface area contributed by atoms with Gasteiger partial charge < -0.3 is 4.90 Å². The van der Waals surface area contributed by atoms with E-state index in [4.69, 9.17) is 17.3 Å². The summed E-state index contributed by atoms with van der Waals surface area (Å²) in [4.78, 5) is 1.56. The lowest BCUT2D eigenvalue weighted by atomic mass is 10.0. The van der Waals surface area contributed by atoms with Crippen LogP contribution in [0.5, 0.6) is 0 Å². The average molecular weight is 362 g/mol. The molecule has 1 saturated carbocycles. The molecule has 2 aromatic rings. The van der Waals surface area contributed by atoms with Crippen LogP contribution in [-0.2, 0) is 6.67 Å². The van der Waals surface area contributed by atoms with Crippen molar-refractivity contribution in [2.45, 2.75) is 64.2 Å². The smallest absolute Gasteiger partial charge is 0.203 e. The maximum Gasteiger partial charge on any atom is 0.203 e. The Hall–Kier alpha value is -1.53. The number of hydrogen-bond acceptors (Lipinski definition) is 2. The van der Waals surface area contributed by atoms with Crippen molar-refractivity contribution in [3.05, 3.63) is 34.9 Å². The number of likely N-dealkylation sites (tertiary alicyclic amines) is 1. The lowest BCUT2D eigenvalue weighted by Gasteiger charge is -2.31. The number of hydrogen-bond donors (Lipinski definition) is 1. The van der Waals surface area contributed by atoms with E-state index in [1.165, 1.54) is 38.3 Å². The van der Waals surface area contributed by atoms with E-state index < -0.39 is 0 Å². The van der Waals surface area contributed by atoms with Crippen LogP contribution in [0.4, 0.5) is 4.39 Å². The minimum Gasteiger partial charge on any atom is -0.314 e. The quantitative estimate of drug-likeness (QED) is 0.827. The molecule has 1 unspecified atom stereocenters. The molecule has 2 heterocycles. The zero-order valence-corrected chi connectivity index (χ0v) is 15.6. The van der Waals surface area contributed by atoms with Crippen LogP contribution in [0.1, 0.15) is 51.5 Å². The van der Waals surface area contributed by atoms with Crippen LogP contribution >= 0.6 is 12.2 Å². The first-order valence-corrected chi connectivity index (χ1v) is 9.88. The van der Waals surface area contributed by atoms with Crippen molar-refractivity contribution < 1.29 is 9.29 Å². The molecule has 0 bridgehead atoms. The summed E-state index contributed by atoms with van der Waals surface area (Å²) in [6.45, 7) is 4.23. The Kier molecular flexibility index (Phi) is 4.73. The summed E-state index contributed by atoms with van der Waals surface area (Å²) in [6.07, 6.45) is 7.27. The van der Waals surface area contributed by atoms with Gasteiger partial charge in [-0.15, -0.1) is 5.10 Å². The molecular formula is C19H26FN4S+. The van der Waals surface area contributed by atoms with E-state index in [9.17, 15) is 4.39 Å². The van der Waals surface area contributed by atoms with Gasteiger partial charge in [0.1, 0.15) is 5.82 Å². The van der Waals surface area contributed by atoms with Gasteiger partial charge in [-0.1, -0.05) is 19.1 Å². The number of piperidine rings is 1. The third-order valence-electron chi connectivity index (χ3n) is 5.62. The molecule has 6 heteroatoms. The molecule has 1 N–H and O–H groups in total. The van der Waals surface area contributed by atoms with Crippen molar-refractivity contribution in [3.63, 3.8) is 0 Å². The molecule has 1 aromatic carbocycles. The lowest BCUT2D eigenvalue weighted by molar-refractivity contribution is -0.953. The Labute approximate surface area is 153 Å². The van der Waals surface area contributed by atoms with Crippen LogP contribution < -0.4 is 4.90 Å². The molecule has 4 nitrogen and oxygen atoms in total. The van der Waals surface area contributed by atoms with Crippen molar-refractivity contribution in [2.75, 3.05) is 6.54 Å². The van der Waals surface area contributed by atoms with Gasteiger partial charge in [0.05, 0.1) is 18.2 Å². The first kappa shape index (κ1) is 16.9. The van der Waals surface area contributed by atoms with Crippen molar-refractivity contribution in [3.8, 4) is 11.4 Å². The summed E-state index contributed by atoms with van der Waals surface area (Å²) >= 11 is 5.74. The maximum absolute atomic E-state index is 14.4. The second-order valence-corrected chi connectivity index (χ2v) is 7.72. The zero-order chi connectivity index (χ0) is 17.4. The number of nitrogens with one attached hydrogen (secondary N) is 1. The Morgan fingerprint density at radius 3 is 2.76 bits per heavy atom. The molecule has 0 spiro atoms. The van der Waals surface area contributed by atoms with Crippen LogP contribution in [-0.4, -0.2) is 26.9 Å². The number of aromatic nitrogens is 3. The fourth-order valence-corrected chi connectivity index (χ4v) is 4.40. The van der Waals surface area contributed by atoms with E-state index in [1.807, 2.05) is 10.7 Å². The molecular weight excluding hydrogens is 335 g/mol. The van der Waals surface area contributed by atoms with Crippen LogP contribution in [0.2, 0.25) is 0 Å². The largest absolute Gasteiger partial charge is 0.314 e. The van der Waals surface area contributed by atoms with Crippen LogP contribution in [0, 0.1) is 10.6 Å². The Balaban J connectivity index is 1.71. The standard InChI is InChI=1S/C19H25FN4S/c1-2-14-7-5-6-12-22(14)13-23-19(25)24(15-10-11-15)18(21-23)16-8-3-4-9-17(16)20/h3-4,8-9,14-15H,2,5-7,10-13H2,1H3/p+1/t14-/m1/s1. The van der Waals surface area contributed by atoms with Gasteiger partial charge in [-0.25, -0.2) is 4.39 Å². The van der Waals surface area contributed by atoms with Gasteiger partial charge in [-0.3, -0.25) is 4.57 Å². The summed E-state index contributed by atoms with van der Waals surface area (Å²) < 4.78 is 19.1. The number of benzene rings is 1. The fraction of sp³-hybridized carbons (Fsp3) is 0.579. The minimum atomic E-state index is -0.228. The number of nitrogens with zero attached hydrogens (tertiary/aromatic N) is 3. The van der Waals surface area contributed by atoms with Gasteiger partial charge >= 0.3 is 0 Å². The third kappa shape index (κ3) is 3.29. The first-order valence-electron chi connectivity index (χ1n) is 9.48. The molecule has 0 amide bonds. The Morgan fingerprint density at radius 1 is 1.24 bits per heavy atom. The summed E-state index contributed by atoms with van der Waals surface area (Å²) in [7, 11) is 0. The van der Waals surface area contributed by atoms with Gasteiger partial charge in [0.15, 0.2) is 12.5 Å². The first-order chi connectivity index (χ1) is 12.2. The maximum atomic E-state index is 14.4. The number of halogens is 1. The highest BCUT2D eigenvalue weighted by Gasteiger charge is 2.31. The molecule has 2 atom stereocenters. The van der Waals surface area contributed by atoms with E-state index in [2.05, 4.69) is 11.5 Å². The van der Waals surface area contributed by atoms with Crippen LogP contribution in [0.3, 0.4) is 0 Å². The zero-order valence-electron chi connectivity index (χ0n) is 14.7. The van der Waals surface area contributed by atoms with E-state index >= 15 is 0 Å².